The number of H-pyrrole nitrogens is 1. The second kappa shape index (κ2) is 7.34. The number of aromatic nitrogens is 2. The summed E-state index contributed by atoms with van der Waals surface area (Å²) in [6, 6.07) is 5.59. The van der Waals surface area contributed by atoms with E-state index in [1.807, 2.05) is 45.9 Å². The number of carbonyl (C=O) groups excluding carboxylic acids is 2. The number of nitrogens with zero attached hydrogens (tertiary/aromatic N) is 2. The molecule has 0 saturated heterocycles. The number of ether oxygens (including phenoxy) is 1. The molecule has 2 heterocycles. The molecule has 0 aliphatic carbocycles. The summed E-state index contributed by atoms with van der Waals surface area (Å²) in [5.74, 6) is -0.305. The molecule has 2 amide bonds. The zero-order valence-electron chi connectivity index (χ0n) is 15.9. The van der Waals surface area contributed by atoms with Gasteiger partial charge in [-0.3, -0.25) is 9.89 Å². The quantitative estimate of drug-likeness (QED) is 0.746. The van der Waals surface area contributed by atoms with Crippen molar-refractivity contribution in [2.75, 3.05) is 11.9 Å². The third kappa shape index (κ3) is 4.50. The number of hydrogen-bond acceptors (Lipinski definition) is 4. The van der Waals surface area contributed by atoms with Crippen LogP contribution in [0.4, 0.5) is 10.5 Å². The van der Waals surface area contributed by atoms with Crippen LogP contribution in [0.3, 0.4) is 0 Å². The molecule has 1 aromatic heterocycles. The number of aromatic amines is 1. The summed E-state index contributed by atoms with van der Waals surface area (Å²) in [5.41, 5.74) is 3.07. The van der Waals surface area contributed by atoms with E-state index in [0.717, 1.165) is 21.3 Å². The van der Waals surface area contributed by atoms with Gasteiger partial charge in [0, 0.05) is 34.4 Å². The molecule has 0 saturated carbocycles. The lowest BCUT2D eigenvalue weighted by atomic mass is 10.1. The van der Waals surface area contributed by atoms with Gasteiger partial charge >= 0.3 is 6.09 Å². The maximum atomic E-state index is 12.7. The number of anilines is 1. The molecule has 3 rings (SSSR count). The lowest BCUT2D eigenvalue weighted by molar-refractivity contribution is 0.0222. The molecule has 0 unspecified atom stereocenters. The van der Waals surface area contributed by atoms with Gasteiger partial charge in [-0.05, 0) is 51.5 Å². The van der Waals surface area contributed by atoms with Gasteiger partial charge in [0.05, 0.1) is 6.54 Å². The monoisotopic (exact) mass is 434 g/mol. The molecule has 2 N–H and O–H groups in total. The fourth-order valence-corrected chi connectivity index (χ4v) is 3.12. The van der Waals surface area contributed by atoms with E-state index in [9.17, 15) is 9.59 Å². The Morgan fingerprint density at radius 1 is 1.33 bits per heavy atom. The molecule has 2 aromatic rings. The van der Waals surface area contributed by atoms with Gasteiger partial charge in [-0.15, -0.1) is 0 Å². The SMILES string of the molecule is Cc1cc(NC(=O)c2n[nH]c3c2CN(C(=O)OC(C)(C)C)CC3)ccc1Br. The van der Waals surface area contributed by atoms with Crippen molar-refractivity contribution in [1.82, 2.24) is 15.1 Å². The van der Waals surface area contributed by atoms with Gasteiger partial charge in [-0.1, -0.05) is 15.9 Å². The Morgan fingerprint density at radius 2 is 2.07 bits per heavy atom. The minimum atomic E-state index is -0.562. The van der Waals surface area contributed by atoms with Crippen LogP contribution in [0.2, 0.25) is 0 Å². The number of amides is 2. The first-order valence-electron chi connectivity index (χ1n) is 8.75. The lowest BCUT2D eigenvalue weighted by Crippen LogP contribution is -2.40. The summed E-state index contributed by atoms with van der Waals surface area (Å²) in [6.07, 6.45) is 0.218. The van der Waals surface area contributed by atoms with Crippen molar-refractivity contribution < 1.29 is 14.3 Å². The van der Waals surface area contributed by atoms with Gasteiger partial charge < -0.3 is 15.0 Å². The summed E-state index contributed by atoms with van der Waals surface area (Å²) in [6.45, 7) is 8.26. The molecular formula is C19H23BrN4O3. The van der Waals surface area contributed by atoms with E-state index in [4.69, 9.17) is 4.74 Å². The second-order valence-electron chi connectivity index (χ2n) is 7.60. The topological polar surface area (TPSA) is 87.3 Å². The van der Waals surface area contributed by atoms with Crippen LogP contribution in [-0.4, -0.2) is 39.2 Å². The largest absolute Gasteiger partial charge is 0.444 e. The highest BCUT2D eigenvalue weighted by atomic mass is 79.9. The van der Waals surface area contributed by atoms with Gasteiger partial charge in [0.1, 0.15) is 5.60 Å². The number of halogens is 1. The highest BCUT2D eigenvalue weighted by Crippen LogP contribution is 2.24. The first kappa shape index (κ1) is 19.4. The van der Waals surface area contributed by atoms with Crippen LogP contribution in [0.25, 0.3) is 0 Å². The van der Waals surface area contributed by atoms with Gasteiger partial charge in [-0.25, -0.2) is 4.79 Å². The average Bonchev–Trinajstić information content (AvgIpc) is 3.00. The number of nitrogens with one attached hydrogen (secondary N) is 2. The first-order chi connectivity index (χ1) is 12.6. The zero-order valence-corrected chi connectivity index (χ0v) is 17.4. The van der Waals surface area contributed by atoms with Crippen LogP contribution in [0.1, 0.15) is 48.1 Å². The highest BCUT2D eigenvalue weighted by Gasteiger charge is 2.30. The van der Waals surface area contributed by atoms with E-state index in [2.05, 4.69) is 31.4 Å². The molecule has 1 aliphatic heterocycles. The smallest absolute Gasteiger partial charge is 0.410 e. The molecule has 144 valence electrons. The third-order valence-corrected chi connectivity index (χ3v) is 5.11. The fourth-order valence-electron chi connectivity index (χ4n) is 2.88. The van der Waals surface area contributed by atoms with Crippen LogP contribution in [-0.2, 0) is 17.7 Å². The van der Waals surface area contributed by atoms with Crippen LogP contribution in [0, 0.1) is 6.92 Å². The maximum Gasteiger partial charge on any atom is 0.410 e. The normalized spacial score (nSPS) is 13.9. The predicted molar refractivity (Wildman–Crippen MR) is 106 cm³/mol. The number of carbonyl (C=O) groups is 2. The average molecular weight is 435 g/mol. The molecule has 0 bridgehead atoms. The van der Waals surface area contributed by atoms with E-state index in [1.54, 1.807) is 4.90 Å². The van der Waals surface area contributed by atoms with Crippen LogP contribution in [0.15, 0.2) is 22.7 Å². The lowest BCUT2D eigenvalue weighted by Gasteiger charge is -2.30. The van der Waals surface area contributed by atoms with Gasteiger partial charge in [0.25, 0.3) is 5.91 Å². The Hall–Kier alpha value is -2.35. The van der Waals surface area contributed by atoms with Gasteiger partial charge in [-0.2, -0.15) is 5.10 Å². The first-order valence-corrected chi connectivity index (χ1v) is 9.55. The van der Waals surface area contributed by atoms with E-state index in [0.29, 0.717) is 30.9 Å². The summed E-state index contributed by atoms with van der Waals surface area (Å²) in [5, 5.41) is 9.97. The number of benzene rings is 1. The van der Waals surface area contributed by atoms with Crippen LogP contribution < -0.4 is 5.32 Å². The number of hydrogen-bond donors (Lipinski definition) is 2. The van der Waals surface area contributed by atoms with E-state index >= 15 is 0 Å². The van der Waals surface area contributed by atoms with Gasteiger partial charge in [0.15, 0.2) is 5.69 Å². The molecule has 27 heavy (non-hydrogen) atoms. The minimum Gasteiger partial charge on any atom is -0.444 e. The summed E-state index contributed by atoms with van der Waals surface area (Å²) < 4.78 is 6.42. The molecule has 1 aromatic carbocycles. The minimum absolute atomic E-state index is 0.295. The Morgan fingerprint density at radius 3 is 2.74 bits per heavy atom. The fraction of sp³-hybridized carbons (Fsp3) is 0.421. The molecule has 1 aliphatic rings. The predicted octanol–water partition coefficient (Wildman–Crippen LogP) is 4.03. The molecular weight excluding hydrogens is 412 g/mol. The Bertz CT molecular complexity index is 886. The highest BCUT2D eigenvalue weighted by molar-refractivity contribution is 9.10. The van der Waals surface area contributed by atoms with Crippen molar-refractivity contribution in [1.29, 1.82) is 0 Å². The Kier molecular flexibility index (Phi) is 5.28. The molecule has 0 atom stereocenters. The second-order valence-corrected chi connectivity index (χ2v) is 8.45. The van der Waals surface area contributed by atoms with Gasteiger partial charge in [0.2, 0.25) is 0 Å². The standard InChI is InChI=1S/C19H23BrN4O3/c1-11-9-12(5-6-14(11)20)21-17(25)16-13-10-24(8-7-15(13)22-23-16)18(26)27-19(2,3)4/h5-6,9H,7-8,10H2,1-4H3,(H,21,25)(H,22,23). The third-order valence-electron chi connectivity index (χ3n) is 4.22. The number of fused-ring (bicyclic) bond motifs is 1. The van der Waals surface area contributed by atoms with Crippen molar-refractivity contribution in [2.45, 2.75) is 46.3 Å². The zero-order chi connectivity index (χ0) is 19.8. The van der Waals surface area contributed by atoms with E-state index < -0.39 is 5.60 Å². The van der Waals surface area contributed by atoms with Crippen LogP contribution >= 0.6 is 15.9 Å². The summed E-state index contributed by atoms with van der Waals surface area (Å²) in [7, 11) is 0. The maximum absolute atomic E-state index is 12.7. The van der Waals surface area contributed by atoms with E-state index in [1.165, 1.54) is 0 Å². The van der Waals surface area contributed by atoms with Crippen molar-refractivity contribution >= 4 is 33.6 Å². The molecule has 0 radical (unpaired) electrons. The Labute approximate surface area is 166 Å². The summed E-state index contributed by atoms with van der Waals surface area (Å²) >= 11 is 3.44. The van der Waals surface area contributed by atoms with Crippen molar-refractivity contribution in [3.63, 3.8) is 0 Å². The number of aryl methyl sites for hydroxylation is 1. The molecule has 7 nitrogen and oxygen atoms in total. The van der Waals surface area contributed by atoms with Crippen LogP contribution in [0.5, 0.6) is 0 Å². The summed E-state index contributed by atoms with van der Waals surface area (Å²) in [4.78, 5) is 26.7. The molecule has 0 fully saturated rings. The molecule has 8 heteroatoms. The number of rotatable bonds is 2. The van der Waals surface area contributed by atoms with E-state index in [-0.39, 0.29) is 12.0 Å². The molecule has 0 spiro atoms. The van der Waals surface area contributed by atoms with Crippen molar-refractivity contribution in [3.05, 3.63) is 45.2 Å². The Balaban J connectivity index is 1.76. The van der Waals surface area contributed by atoms with Crippen molar-refractivity contribution in [3.8, 4) is 0 Å². The van der Waals surface area contributed by atoms with Crippen molar-refractivity contribution in [2.24, 2.45) is 0 Å².